The van der Waals surface area contributed by atoms with E-state index in [4.69, 9.17) is 12.2 Å². The number of amides is 1. The molecule has 2 N–H and O–H groups in total. The summed E-state index contributed by atoms with van der Waals surface area (Å²) in [5, 5.41) is 2.81. The molecule has 0 fully saturated rings. The van der Waals surface area contributed by atoms with E-state index in [1.165, 1.54) is 0 Å². The predicted octanol–water partition coefficient (Wildman–Crippen LogP) is 3.16. The summed E-state index contributed by atoms with van der Waals surface area (Å²) in [6, 6.07) is 5.50. The molecule has 1 aromatic carbocycles. The third kappa shape index (κ3) is 2.35. The van der Waals surface area contributed by atoms with Gasteiger partial charge in [0, 0.05) is 11.0 Å². The summed E-state index contributed by atoms with van der Waals surface area (Å²) in [6.45, 7) is 4.35. The van der Waals surface area contributed by atoms with Gasteiger partial charge in [-0.3, -0.25) is 4.79 Å². The molecular weight excluding hydrogens is 314 g/mol. The van der Waals surface area contributed by atoms with Crippen molar-refractivity contribution in [3.05, 3.63) is 27.4 Å². The summed E-state index contributed by atoms with van der Waals surface area (Å²) in [5.41, 5.74) is 1.85. The lowest BCUT2D eigenvalue weighted by atomic mass is 10.2. The van der Waals surface area contributed by atoms with Gasteiger partial charge in [0.15, 0.2) is 4.77 Å². The van der Waals surface area contributed by atoms with Crippen LogP contribution in [0, 0.1) is 4.77 Å². The van der Waals surface area contributed by atoms with Crippen LogP contribution in [0.3, 0.4) is 0 Å². The molecule has 0 aliphatic carbocycles. The highest BCUT2D eigenvalue weighted by Crippen LogP contribution is 2.23. The maximum absolute atomic E-state index is 11.9. The van der Waals surface area contributed by atoms with Crippen molar-refractivity contribution in [1.82, 2.24) is 14.9 Å². The normalized spacial score (nSPS) is 12.6. The summed E-state index contributed by atoms with van der Waals surface area (Å²) in [6.07, 6.45) is 0. The minimum Gasteiger partial charge on any atom is -0.355 e. The molecule has 96 valence electrons. The SMILES string of the molecule is CCNC(=O)C(C)n1c(=S)[nH]c2ccc(Br)cc21. The van der Waals surface area contributed by atoms with Crippen LogP contribution in [0.15, 0.2) is 22.7 Å². The van der Waals surface area contributed by atoms with Crippen LogP contribution in [0.4, 0.5) is 0 Å². The van der Waals surface area contributed by atoms with Gasteiger partial charge in [-0.1, -0.05) is 15.9 Å². The largest absolute Gasteiger partial charge is 0.355 e. The summed E-state index contributed by atoms with van der Waals surface area (Å²) < 4.78 is 3.35. The van der Waals surface area contributed by atoms with E-state index in [0.29, 0.717) is 11.3 Å². The summed E-state index contributed by atoms with van der Waals surface area (Å²) in [5.74, 6) is -0.0329. The van der Waals surface area contributed by atoms with Crippen LogP contribution < -0.4 is 5.32 Å². The Hall–Kier alpha value is -1.14. The third-order valence-electron chi connectivity index (χ3n) is 2.80. The lowest BCUT2D eigenvalue weighted by molar-refractivity contribution is -0.123. The van der Waals surface area contributed by atoms with E-state index in [0.717, 1.165) is 15.5 Å². The highest BCUT2D eigenvalue weighted by molar-refractivity contribution is 9.10. The van der Waals surface area contributed by atoms with Crippen LogP contribution in [0.25, 0.3) is 11.0 Å². The molecule has 0 radical (unpaired) electrons. The van der Waals surface area contributed by atoms with Gasteiger partial charge in [-0.2, -0.15) is 0 Å². The topological polar surface area (TPSA) is 49.8 Å². The monoisotopic (exact) mass is 327 g/mol. The van der Waals surface area contributed by atoms with Crippen molar-refractivity contribution in [3.8, 4) is 0 Å². The Morgan fingerprint density at radius 1 is 1.61 bits per heavy atom. The van der Waals surface area contributed by atoms with Crippen LogP contribution in [0.1, 0.15) is 19.9 Å². The summed E-state index contributed by atoms with van der Waals surface area (Å²) in [7, 11) is 0. The summed E-state index contributed by atoms with van der Waals surface area (Å²) in [4.78, 5) is 15.0. The first kappa shape index (κ1) is 13.3. The minimum atomic E-state index is -0.333. The molecule has 1 atom stereocenters. The fourth-order valence-electron chi connectivity index (χ4n) is 1.92. The zero-order valence-corrected chi connectivity index (χ0v) is 12.6. The van der Waals surface area contributed by atoms with E-state index in [-0.39, 0.29) is 11.9 Å². The smallest absolute Gasteiger partial charge is 0.242 e. The van der Waals surface area contributed by atoms with Crippen LogP contribution in [0.5, 0.6) is 0 Å². The Morgan fingerprint density at radius 3 is 3.00 bits per heavy atom. The Balaban J connectivity index is 2.56. The second-order valence-corrected chi connectivity index (χ2v) is 5.33. The molecule has 0 bridgehead atoms. The molecule has 1 aromatic heterocycles. The molecule has 0 spiro atoms. The van der Waals surface area contributed by atoms with Crippen molar-refractivity contribution >= 4 is 45.1 Å². The Kier molecular flexibility index (Phi) is 3.87. The predicted molar refractivity (Wildman–Crippen MR) is 78.2 cm³/mol. The highest BCUT2D eigenvalue weighted by Gasteiger charge is 2.17. The lowest BCUT2D eigenvalue weighted by Gasteiger charge is -2.13. The lowest BCUT2D eigenvalue weighted by Crippen LogP contribution is -2.30. The second-order valence-electron chi connectivity index (χ2n) is 4.03. The third-order valence-corrected chi connectivity index (χ3v) is 3.59. The number of benzene rings is 1. The van der Waals surface area contributed by atoms with Crippen LogP contribution in [-0.4, -0.2) is 22.0 Å². The molecule has 18 heavy (non-hydrogen) atoms. The number of carbonyl (C=O) groups is 1. The number of nitrogens with zero attached hydrogens (tertiary/aromatic N) is 1. The van der Waals surface area contributed by atoms with Gasteiger partial charge >= 0.3 is 0 Å². The van der Waals surface area contributed by atoms with Gasteiger partial charge in [-0.05, 0) is 44.3 Å². The van der Waals surface area contributed by atoms with Crippen molar-refractivity contribution in [2.45, 2.75) is 19.9 Å². The van der Waals surface area contributed by atoms with Crippen molar-refractivity contribution in [1.29, 1.82) is 0 Å². The molecule has 2 aromatic rings. The number of rotatable bonds is 3. The van der Waals surface area contributed by atoms with Crippen LogP contribution >= 0.6 is 28.1 Å². The number of imidazole rings is 1. The van der Waals surface area contributed by atoms with Crippen LogP contribution in [-0.2, 0) is 4.79 Å². The first-order chi connectivity index (χ1) is 8.54. The first-order valence-corrected chi connectivity index (χ1v) is 6.92. The Labute approximate surface area is 119 Å². The molecule has 4 nitrogen and oxygen atoms in total. The number of nitrogens with one attached hydrogen (secondary N) is 2. The van der Waals surface area contributed by atoms with E-state index in [2.05, 4.69) is 26.2 Å². The van der Waals surface area contributed by atoms with Gasteiger partial charge in [0.05, 0.1) is 11.0 Å². The van der Waals surface area contributed by atoms with Gasteiger partial charge in [0.1, 0.15) is 6.04 Å². The average molecular weight is 328 g/mol. The summed E-state index contributed by atoms with van der Waals surface area (Å²) >= 11 is 8.72. The fraction of sp³-hybridized carbons (Fsp3) is 0.333. The number of likely N-dealkylation sites (N-methyl/N-ethyl adjacent to an activating group) is 1. The zero-order valence-electron chi connectivity index (χ0n) is 10.2. The van der Waals surface area contributed by atoms with E-state index >= 15 is 0 Å². The zero-order chi connectivity index (χ0) is 13.3. The second kappa shape index (κ2) is 5.24. The number of hydrogen-bond acceptors (Lipinski definition) is 2. The maximum atomic E-state index is 11.9. The van der Waals surface area contributed by atoms with Crippen molar-refractivity contribution < 1.29 is 4.79 Å². The average Bonchev–Trinajstić information content (AvgIpc) is 2.64. The molecule has 6 heteroatoms. The number of H-pyrrole nitrogens is 1. The molecular formula is C12H14BrN3OS. The van der Waals surface area contributed by atoms with Crippen molar-refractivity contribution in [3.63, 3.8) is 0 Å². The van der Waals surface area contributed by atoms with Crippen LogP contribution in [0.2, 0.25) is 0 Å². The van der Waals surface area contributed by atoms with E-state index in [9.17, 15) is 4.79 Å². The van der Waals surface area contributed by atoms with E-state index in [1.807, 2.05) is 36.6 Å². The molecule has 2 rings (SSSR count). The van der Waals surface area contributed by atoms with Gasteiger partial charge < -0.3 is 14.9 Å². The van der Waals surface area contributed by atoms with Crippen molar-refractivity contribution in [2.75, 3.05) is 6.54 Å². The number of aromatic nitrogens is 2. The molecule has 0 aliphatic rings. The number of hydrogen-bond donors (Lipinski definition) is 2. The number of fused-ring (bicyclic) bond motifs is 1. The number of carbonyl (C=O) groups excluding carboxylic acids is 1. The maximum Gasteiger partial charge on any atom is 0.242 e. The Morgan fingerprint density at radius 2 is 2.33 bits per heavy atom. The number of halogens is 1. The molecule has 0 saturated heterocycles. The first-order valence-electron chi connectivity index (χ1n) is 5.72. The molecule has 1 heterocycles. The van der Waals surface area contributed by atoms with Gasteiger partial charge in [-0.25, -0.2) is 0 Å². The fourth-order valence-corrected chi connectivity index (χ4v) is 2.63. The standard InChI is InChI=1S/C12H14BrN3OS/c1-3-14-11(17)7(2)16-10-6-8(13)4-5-9(10)15-12(16)18/h4-7H,3H2,1-2H3,(H,14,17)(H,15,18). The van der Waals surface area contributed by atoms with Gasteiger partial charge in [-0.15, -0.1) is 0 Å². The van der Waals surface area contributed by atoms with Gasteiger partial charge in [0.25, 0.3) is 0 Å². The highest BCUT2D eigenvalue weighted by atomic mass is 79.9. The molecule has 0 saturated carbocycles. The van der Waals surface area contributed by atoms with E-state index in [1.54, 1.807) is 0 Å². The molecule has 1 unspecified atom stereocenters. The molecule has 1 amide bonds. The van der Waals surface area contributed by atoms with Crippen molar-refractivity contribution in [2.24, 2.45) is 0 Å². The number of aromatic amines is 1. The molecule has 0 aliphatic heterocycles. The quantitative estimate of drug-likeness (QED) is 0.851. The minimum absolute atomic E-state index is 0.0329. The Bertz CT molecular complexity index is 646. The van der Waals surface area contributed by atoms with Gasteiger partial charge in [0.2, 0.25) is 5.91 Å². The van der Waals surface area contributed by atoms with E-state index < -0.39 is 0 Å².